The molecule has 0 radical (unpaired) electrons. The van der Waals surface area contributed by atoms with E-state index in [9.17, 15) is 0 Å². The maximum atomic E-state index is 6.66. The summed E-state index contributed by atoms with van der Waals surface area (Å²) < 4.78 is 0. The molecule has 56 valence electrons. The number of hydrogen-bond donors (Lipinski definition) is 1. The molecule has 0 heterocycles. The quantitative estimate of drug-likeness (QED) is 0.459. The van der Waals surface area contributed by atoms with Crippen LogP contribution in [0.1, 0.15) is 20.8 Å². The molecule has 0 amide bonds. The number of rotatable bonds is 3. The Morgan fingerprint density at radius 3 is 2.40 bits per heavy atom. The molecule has 0 aromatic carbocycles. The standard InChI is InChI=1S/C8H14N2/c1-4-8(7(2)3)5-10-6-9/h4-7,9H,1-3H3/b8-4+,9-6?,10-5-. The third kappa shape index (κ3) is 3.17. The predicted molar refractivity (Wildman–Crippen MR) is 45.9 cm³/mol. The van der Waals surface area contributed by atoms with Crippen LogP contribution >= 0.6 is 0 Å². The third-order valence-electron chi connectivity index (χ3n) is 1.30. The zero-order valence-electron chi connectivity index (χ0n) is 6.76. The average molecular weight is 138 g/mol. The van der Waals surface area contributed by atoms with Gasteiger partial charge in [0.25, 0.3) is 0 Å². The van der Waals surface area contributed by atoms with E-state index < -0.39 is 0 Å². The molecule has 0 saturated heterocycles. The molecule has 2 nitrogen and oxygen atoms in total. The lowest BCUT2D eigenvalue weighted by atomic mass is 10.1. The highest BCUT2D eigenvalue weighted by Gasteiger charge is 1.95. The van der Waals surface area contributed by atoms with Gasteiger partial charge in [0.15, 0.2) is 0 Å². The van der Waals surface area contributed by atoms with Gasteiger partial charge in [-0.25, -0.2) is 4.99 Å². The first-order valence-electron chi connectivity index (χ1n) is 3.40. The fraction of sp³-hybridized carbons (Fsp3) is 0.500. The van der Waals surface area contributed by atoms with Crippen LogP contribution in [-0.2, 0) is 0 Å². The summed E-state index contributed by atoms with van der Waals surface area (Å²) >= 11 is 0. The van der Waals surface area contributed by atoms with Crippen molar-refractivity contribution in [1.82, 2.24) is 0 Å². The van der Waals surface area contributed by atoms with E-state index in [0.717, 1.165) is 6.34 Å². The molecule has 0 spiro atoms. The molecule has 0 aromatic rings. The fourth-order valence-electron chi connectivity index (χ4n) is 0.680. The van der Waals surface area contributed by atoms with Crippen molar-refractivity contribution < 1.29 is 0 Å². The predicted octanol–water partition coefficient (Wildman–Crippen LogP) is 2.27. The van der Waals surface area contributed by atoms with Crippen LogP contribution in [0.5, 0.6) is 0 Å². The Balaban J connectivity index is 4.10. The summed E-state index contributed by atoms with van der Waals surface area (Å²) in [5, 5.41) is 6.66. The van der Waals surface area contributed by atoms with Crippen LogP contribution in [0.3, 0.4) is 0 Å². The molecule has 0 atom stereocenters. The highest BCUT2D eigenvalue weighted by molar-refractivity contribution is 5.84. The van der Waals surface area contributed by atoms with Gasteiger partial charge in [-0.15, -0.1) is 0 Å². The van der Waals surface area contributed by atoms with Gasteiger partial charge in [0.2, 0.25) is 0 Å². The van der Waals surface area contributed by atoms with Gasteiger partial charge in [-0.2, -0.15) is 0 Å². The Morgan fingerprint density at radius 1 is 1.50 bits per heavy atom. The molecule has 0 unspecified atom stereocenters. The first kappa shape index (κ1) is 9.08. The van der Waals surface area contributed by atoms with Crippen LogP contribution in [0.15, 0.2) is 16.6 Å². The second kappa shape index (κ2) is 4.91. The minimum atomic E-state index is 0.494. The number of hydrogen-bond acceptors (Lipinski definition) is 1. The Kier molecular flexibility index (Phi) is 4.46. The molecule has 0 aliphatic rings. The first-order valence-corrected chi connectivity index (χ1v) is 3.40. The number of aliphatic imine (C=N–C) groups is 1. The van der Waals surface area contributed by atoms with Crippen molar-refractivity contribution in [2.75, 3.05) is 0 Å². The van der Waals surface area contributed by atoms with Gasteiger partial charge in [-0.1, -0.05) is 19.9 Å². The normalized spacial score (nSPS) is 13.0. The molecule has 0 bridgehead atoms. The summed E-state index contributed by atoms with van der Waals surface area (Å²) in [5.74, 6) is 0.494. The second-order valence-corrected chi connectivity index (χ2v) is 2.35. The minimum Gasteiger partial charge on any atom is -0.290 e. The SMILES string of the molecule is C/C=C(\C=N/C=N)C(C)C. The van der Waals surface area contributed by atoms with E-state index in [-0.39, 0.29) is 0 Å². The van der Waals surface area contributed by atoms with Crippen molar-refractivity contribution in [3.63, 3.8) is 0 Å². The summed E-state index contributed by atoms with van der Waals surface area (Å²) in [6.45, 7) is 6.18. The lowest BCUT2D eigenvalue weighted by molar-refractivity contribution is 0.805. The summed E-state index contributed by atoms with van der Waals surface area (Å²) in [6.07, 6.45) is 4.78. The van der Waals surface area contributed by atoms with E-state index in [1.165, 1.54) is 5.57 Å². The number of allylic oxidation sites excluding steroid dienone is 2. The van der Waals surface area contributed by atoms with E-state index in [0.29, 0.717) is 5.92 Å². The highest BCUT2D eigenvalue weighted by Crippen LogP contribution is 2.05. The molecule has 0 saturated carbocycles. The van der Waals surface area contributed by atoms with Crippen molar-refractivity contribution in [3.05, 3.63) is 11.6 Å². The van der Waals surface area contributed by atoms with Crippen molar-refractivity contribution in [1.29, 1.82) is 5.41 Å². The monoisotopic (exact) mass is 138 g/mol. The first-order chi connectivity index (χ1) is 4.72. The molecule has 0 rings (SSSR count). The van der Waals surface area contributed by atoms with Crippen molar-refractivity contribution in [2.45, 2.75) is 20.8 Å². The Bertz CT molecular complexity index is 155. The van der Waals surface area contributed by atoms with Crippen LogP contribution < -0.4 is 0 Å². The lowest BCUT2D eigenvalue weighted by Crippen LogP contribution is -1.94. The molecule has 0 fully saturated rings. The molecule has 2 heteroatoms. The highest BCUT2D eigenvalue weighted by atomic mass is 14.7. The van der Waals surface area contributed by atoms with Gasteiger partial charge in [-0.05, 0) is 18.4 Å². The molecule has 0 aliphatic carbocycles. The van der Waals surface area contributed by atoms with E-state index >= 15 is 0 Å². The van der Waals surface area contributed by atoms with Gasteiger partial charge in [0.05, 0.1) is 0 Å². The Labute approximate surface area is 62.2 Å². The van der Waals surface area contributed by atoms with E-state index in [1.807, 2.05) is 13.0 Å². The molecular weight excluding hydrogens is 124 g/mol. The van der Waals surface area contributed by atoms with Crippen LogP contribution in [0.25, 0.3) is 0 Å². The van der Waals surface area contributed by atoms with Gasteiger partial charge in [0.1, 0.15) is 6.34 Å². The number of nitrogens with zero attached hydrogens (tertiary/aromatic N) is 1. The van der Waals surface area contributed by atoms with Crippen molar-refractivity contribution in [2.24, 2.45) is 10.9 Å². The van der Waals surface area contributed by atoms with Crippen LogP contribution in [-0.4, -0.2) is 12.6 Å². The Morgan fingerprint density at radius 2 is 2.10 bits per heavy atom. The van der Waals surface area contributed by atoms with Gasteiger partial charge in [-0.3, -0.25) is 5.41 Å². The van der Waals surface area contributed by atoms with Crippen LogP contribution in [0.4, 0.5) is 0 Å². The van der Waals surface area contributed by atoms with Crippen molar-refractivity contribution in [3.8, 4) is 0 Å². The number of nitrogens with one attached hydrogen (secondary N) is 1. The maximum Gasteiger partial charge on any atom is 0.106 e. The lowest BCUT2D eigenvalue weighted by Gasteiger charge is -2.02. The van der Waals surface area contributed by atoms with Gasteiger partial charge < -0.3 is 0 Å². The summed E-state index contributed by atoms with van der Waals surface area (Å²) in [6, 6.07) is 0. The molecule has 1 N–H and O–H groups in total. The largest absolute Gasteiger partial charge is 0.290 e. The Hall–Kier alpha value is -0.920. The summed E-state index contributed by atoms with van der Waals surface area (Å²) in [4.78, 5) is 3.71. The zero-order chi connectivity index (χ0) is 7.98. The fourth-order valence-corrected chi connectivity index (χ4v) is 0.680. The summed E-state index contributed by atoms with van der Waals surface area (Å²) in [5.41, 5.74) is 1.17. The second-order valence-electron chi connectivity index (χ2n) is 2.35. The van der Waals surface area contributed by atoms with Crippen LogP contribution in [0, 0.1) is 11.3 Å². The van der Waals surface area contributed by atoms with E-state index in [1.54, 1.807) is 6.21 Å². The molecular formula is C8H14N2. The molecule has 10 heavy (non-hydrogen) atoms. The molecule has 0 aromatic heterocycles. The van der Waals surface area contributed by atoms with E-state index in [4.69, 9.17) is 5.41 Å². The summed E-state index contributed by atoms with van der Waals surface area (Å²) in [7, 11) is 0. The topological polar surface area (TPSA) is 36.2 Å². The maximum absolute atomic E-state index is 6.66. The zero-order valence-corrected chi connectivity index (χ0v) is 6.76. The third-order valence-corrected chi connectivity index (χ3v) is 1.30. The van der Waals surface area contributed by atoms with Crippen molar-refractivity contribution >= 4 is 12.6 Å². The molecule has 0 aliphatic heterocycles. The average Bonchev–Trinajstić information content (AvgIpc) is 1.89. The van der Waals surface area contributed by atoms with Gasteiger partial charge >= 0.3 is 0 Å². The van der Waals surface area contributed by atoms with Gasteiger partial charge in [0, 0.05) is 6.21 Å². The van der Waals surface area contributed by atoms with E-state index in [2.05, 4.69) is 18.8 Å². The minimum absolute atomic E-state index is 0.494. The van der Waals surface area contributed by atoms with Crippen LogP contribution in [0.2, 0.25) is 0 Å². The smallest absolute Gasteiger partial charge is 0.106 e.